The van der Waals surface area contributed by atoms with Crippen LogP contribution in [0.5, 0.6) is 0 Å². The van der Waals surface area contributed by atoms with Gasteiger partial charge in [0.05, 0.1) is 24.7 Å². The van der Waals surface area contributed by atoms with Gasteiger partial charge in [-0.2, -0.15) is 0 Å². The summed E-state index contributed by atoms with van der Waals surface area (Å²) in [5, 5.41) is 0.223. The number of likely N-dealkylation sites (tertiary alicyclic amines) is 1. The van der Waals surface area contributed by atoms with Gasteiger partial charge in [-0.05, 0) is 49.9 Å². The number of hydrogen-bond donors (Lipinski definition) is 0. The first-order chi connectivity index (χ1) is 11.2. The molecular weight excluding hydrogens is 333 g/mol. The zero-order valence-electron chi connectivity index (χ0n) is 13.5. The maximum atomic E-state index is 11.4. The number of alkyl halides is 1. The van der Waals surface area contributed by atoms with Crippen LogP contribution in [-0.4, -0.2) is 49.1 Å². The highest BCUT2D eigenvalue weighted by atomic mass is 35.5. The van der Waals surface area contributed by atoms with Gasteiger partial charge in [-0.3, -0.25) is 4.90 Å². The van der Waals surface area contributed by atoms with Crippen LogP contribution in [0.4, 0.5) is 0 Å². The third-order valence-corrected chi connectivity index (χ3v) is 5.13. The Balaban J connectivity index is 1.86. The van der Waals surface area contributed by atoms with Crippen LogP contribution in [0.2, 0.25) is 0 Å². The van der Waals surface area contributed by atoms with Gasteiger partial charge in [-0.15, -0.1) is 11.6 Å². The average Bonchev–Trinajstić information content (AvgIpc) is 2.93. The third-order valence-electron chi connectivity index (χ3n) is 4.39. The maximum Gasteiger partial charge on any atom is 0.337 e. The van der Waals surface area contributed by atoms with Crippen molar-refractivity contribution in [2.75, 3.05) is 26.8 Å². The van der Waals surface area contributed by atoms with E-state index >= 15 is 0 Å². The molecule has 0 amide bonds. The lowest BCUT2D eigenvalue weighted by atomic mass is 10.0. The van der Waals surface area contributed by atoms with Gasteiger partial charge < -0.3 is 9.26 Å². The number of rotatable bonds is 8. The minimum absolute atomic E-state index is 0.223. The first-order valence-electron chi connectivity index (χ1n) is 8.02. The van der Waals surface area contributed by atoms with Crippen molar-refractivity contribution in [1.29, 1.82) is 0 Å². The van der Waals surface area contributed by atoms with Crippen molar-refractivity contribution >= 4 is 27.0 Å². The third kappa shape index (κ3) is 5.42. The van der Waals surface area contributed by atoms with Gasteiger partial charge in [0.1, 0.15) is 0 Å². The fraction of sp³-hybridized carbons (Fsp3) is 0.588. The summed E-state index contributed by atoms with van der Waals surface area (Å²) in [5.41, 5.74) is 1.81. The Labute approximate surface area is 145 Å². The summed E-state index contributed by atoms with van der Waals surface area (Å²) in [6.45, 7) is 2.86. The standard InChI is InChI=1S/C17H25ClNO3P/c1-21-17(20)14-6-3-13(4-7-14)5-8-16-15(18)9-11-19(16)10-2-12-22-23/h3-4,6-7,15-16H,2,5,8-12,23H2,1H3/t15-,16+/m1/s1. The number of methoxy groups -OCH3 is 1. The molecule has 3 atom stereocenters. The van der Waals surface area contributed by atoms with Crippen LogP contribution in [0.1, 0.15) is 35.2 Å². The molecule has 1 aliphatic rings. The normalized spacial score (nSPS) is 21.5. The Morgan fingerprint density at radius 2 is 2.13 bits per heavy atom. The van der Waals surface area contributed by atoms with E-state index in [2.05, 4.69) is 14.4 Å². The number of ether oxygens (including phenoxy) is 1. The van der Waals surface area contributed by atoms with Crippen molar-refractivity contribution in [3.63, 3.8) is 0 Å². The zero-order valence-corrected chi connectivity index (χ0v) is 15.5. The van der Waals surface area contributed by atoms with E-state index in [4.69, 9.17) is 20.9 Å². The van der Waals surface area contributed by atoms with Crippen molar-refractivity contribution in [2.24, 2.45) is 0 Å². The topological polar surface area (TPSA) is 38.8 Å². The van der Waals surface area contributed by atoms with E-state index in [1.54, 1.807) is 0 Å². The van der Waals surface area contributed by atoms with Crippen LogP contribution < -0.4 is 0 Å². The highest BCUT2D eigenvalue weighted by Gasteiger charge is 2.31. The fourth-order valence-corrected chi connectivity index (χ4v) is 3.66. The van der Waals surface area contributed by atoms with Crippen LogP contribution in [0.3, 0.4) is 0 Å². The highest BCUT2D eigenvalue weighted by molar-refractivity contribution is 7.09. The van der Waals surface area contributed by atoms with Gasteiger partial charge in [-0.1, -0.05) is 12.1 Å². The fourth-order valence-electron chi connectivity index (χ4n) is 3.11. The predicted octanol–water partition coefficient (Wildman–Crippen LogP) is 3.28. The van der Waals surface area contributed by atoms with E-state index in [-0.39, 0.29) is 11.3 Å². The monoisotopic (exact) mass is 357 g/mol. The minimum Gasteiger partial charge on any atom is -0.465 e. The second kappa shape index (κ2) is 9.58. The van der Waals surface area contributed by atoms with E-state index in [1.165, 1.54) is 12.7 Å². The van der Waals surface area contributed by atoms with Crippen molar-refractivity contribution in [2.45, 2.75) is 37.1 Å². The van der Waals surface area contributed by atoms with Gasteiger partial charge in [0.15, 0.2) is 0 Å². The van der Waals surface area contributed by atoms with Crippen LogP contribution in [0.25, 0.3) is 0 Å². The van der Waals surface area contributed by atoms with Crippen molar-refractivity contribution in [3.05, 3.63) is 35.4 Å². The van der Waals surface area contributed by atoms with Crippen LogP contribution in [0.15, 0.2) is 24.3 Å². The number of benzene rings is 1. The molecule has 128 valence electrons. The highest BCUT2D eigenvalue weighted by Crippen LogP contribution is 2.27. The quantitative estimate of drug-likeness (QED) is 0.310. The molecule has 1 saturated heterocycles. The molecule has 2 rings (SSSR count). The molecule has 0 bridgehead atoms. The number of halogens is 1. The molecule has 1 unspecified atom stereocenters. The molecule has 23 heavy (non-hydrogen) atoms. The predicted molar refractivity (Wildman–Crippen MR) is 96.0 cm³/mol. The van der Waals surface area contributed by atoms with Gasteiger partial charge in [0.25, 0.3) is 0 Å². The van der Waals surface area contributed by atoms with Crippen LogP contribution in [-0.2, 0) is 15.7 Å². The molecule has 0 spiro atoms. The van der Waals surface area contributed by atoms with E-state index < -0.39 is 0 Å². The Morgan fingerprint density at radius 3 is 2.78 bits per heavy atom. The zero-order chi connectivity index (χ0) is 16.7. The van der Waals surface area contributed by atoms with Crippen molar-refractivity contribution < 1.29 is 14.1 Å². The molecule has 1 aromatic rings. The van der Waals surface area contributed by atoms with E-state index in [1.807, 2.05) is 24.3 Å². The minimum atomic E-state index is -0.296. The Kier molecular flexibility index (Phi) is 7.78. The Morgan fingerprint density at radius 1 is 1.39 bits per heavy atom. The maximum absolute atomic E-state index is 11.4. The second-order valence-electron chi connectivity index (χ2n) is 5.86. The van der Waals surface area contributed by atoms with Crippen molar-refractivity contribution in [1.82, 2.24) is 4.90 Å². The number of carbonyl (C=O) groups is 1. The summed E-state index contributed by atoms with van der Waals surface area (Å²) >= 11 is 6.50. The Hall–Kier alpha value is -0.670. The lowest BCUT2D eigenvalue weighted by molar-refractivity contribution is 0.0600. The lowest BCUT2D eigenvalue weighted by Crippen LogP contribution is -2.34. The number of aryl methyl sites for hydroxylation is 1. The van der Waals surface area contributed by atoms with Gasteiger partial charge in [-0.25, -0.2) is 4.79 Å². The average molecular weight is 358 g/mol. The van der Waals surface area contributed by atoms with E-state index in [0.29, 0.717) is 11.6 Å². The summed E-state index contributed by atoms with van der Waals surface area (Å²) in [5.74, 6) is -0.296. The molecule has 1 heterocycles. The lowest BCUT2D eigenvalue weighted by Gasteiger charge is -2.26. The molecule has 1 fully saturated rings. The van der Waals surface area contributed by atoms with Gasteiger partial charge in [0.2, 0.25) is 0 Å². The molecule has 0 saturated carbocycles. The molecule has 0 aromatic heterocycles. The second-order valence-corrected chi connectivity index (χ2v) is 6.75. The molecular formula is C17H25ClNO3P. The molecule has 0 N–H and O–H groups in total. The number of nitrogens with zero attached hydrogens (tertiary/aromatic N) is 1. The molecule has 4 nitrogen and oxygen atoms in total. The Bertz CT molecular complexity index is 497. The van der Waals surface area contributed by atoms with Crippen LogP contribution in [0, 0.1) is 0 Å². The van der Waals surface area contributed by atoms with Gasteiger partial charge >= 0.3 is 5.97 Å². The summed E-state index contributed by atoms with van der Waals surface area (Å²) in [6.07, 6.45) is 4.08. The largest absolute Gasteiger partial charge is 0.465 e. The summed E-state index contributed by atoms with van der Waals surface area (Å²) in [6, 6.07) is 8.05. The van der Waals surface area contributed by atoms with Gasteiger partial charge in [0, 0.05) is 22.1 Å². The first kappa shape index (κ1) is 18.7. The molecule has 0 radical (unpaired) electrons. The summed E-state index contributed by atoms with van der Waals surface area (Å²) < 4.78 is 9.77. The van der Waals surface area contributed by atoms with Crippen molar-refractivity contribution in [3.8, 4) is 0 Å². The summed E-state index contributed by atoms with van der Waals surface area (Å²) in [7, 11) is 3.69. The molecule has 1 aliphatic heterocycles. The molecule has 1 aromatic carbocycles. The number of hydrogen-bond acceptors (Lipinski definition) is 4. The van der Waals surface area contributed by atoms with E-state index in [0.717, 1.165) is 45.4 Å². The number of esters is 1. The molecule has 6 heteroatoms. The van der Waals surface area contributed by atoms with Crippen LogP contribution >= 0.6 is 21.1 Å². The first-order valence-corrected chi connectivity index (χ1v) is 8.93. The van der Waals surface area contributed by atoms with E-state index in [9.17, 15) is 4.79 Å². The molecule has 0 aliphatic carbocycles. The number of carbonyl (C=O) groups excluding carboxylic acids is 1. The summed E-state index contributed by atoms with van der Waals surface area (Å²) in [4.78, 5) is 13.9. The smallest absolute Gasteiger partial charge is 0.337 e. The SMILES string of the molecule is COC(=O)c1ccc(CC[C@H]2[C@H](Cl)CCN2CCCOP)cc1.